The number of rotatable bonds is 7. The van der Waals surface area contributed by atoms with Crippen LogP contribution in [0.15, 0.2) is 24.8 Å². The van der Waals surface area contributed by atoms with E-state index >= 15 is 0 Å². The summed E-state index contributed by atoms with van der Waals surface area (Å²) in [6.07, 6.45) is 3.58. The molecule has 1 aromatic carbocycles. The largest absolute Gasteiger partial charge is 0.493 e. The lowest BCUT2D eigenvalue weighted by molar-refractivity contribution is 0.162. The third-order valence-electron chi connectivity index (χ3n) is 4.10. The number of hydrogen-bond donors (Lipinski definition) is 1. The first-order valence-electron chi connectivity index (χ1n) is 7.68. The van der Waals surface area contributed by atoms with Crippen LogP contribution in [-0.2, 0) is 0 Å². The van der Waals surface area contributed by atoms with Crippen molar-refractivity contribution in [3.8, 4) is 11.5 Å². The molecule has 1 heterocycles. The Labute approximate surface area is 156 Å². The van der Waals surface area contributed by atoms with Crippen LogP contribution in [0.1, 0.15) is 24.4 Å². The van der Waals surface area contributed by atoms with Crippen molar-refractivity contribution in [1.29, 1.82) is 0 Å². The van der Waals surface area contributed by atoms with E-state index in [0.29, 0.717) is 17.1 Å². The molecule has 0 spiro atoms. The van der Waals surface area contributed by atoms with Crippen LogP contribution in [0.25, 0.3) is 0 Å². The Morgan fingerprint density at radius 2 is 1.79 bits per heavy atom. The number of methoxy groups -OCH3 is 2. The van der Waals surface area contributed by atoms with Crippen molar-refractivity contribution in [3.05, 3.63) is 36.2 Å². The van der Waals surface area contributed by atoms with Crippen LogP contribution in [0.4, 0.5) is 4.39 Å². The average molecular weight is 381 g/mol. The van der Waals surface area contributed by atoms with Crippen molar-refractivity contribution < 1.29 is 13.9 Å². The zero-order valence-corrected chi connectivity index (χ0v) is 15.9. The topological polar surface area (TPSA) is 33.7 Å². The molecule has 0 unspecified atom stereocenters. The van der Waals surface area contributed by atoms with Crippen LogP contribution < -0.4 is 14.8 Å². The van der Waals surface area contributed by atoms with Crippen molar-refractivity contribution in [2.45, 2.75) is 18.9 Å². The highest BCUT2D eigenvalue weighted by Crippen LogP contribution is 2.36. The number of halogens is 3. The van der Waals surface area contributed by atoms with Crippen LogP contribution >= 0.6 is 24.8 Å². The van der Waals surface area contributed by atoms with Gasteiger partial charge in [-0.05, 0) is 18.9 Å². The Bertz CT molecular complexity index is 512. The SMILES string of the molecule is C=CCC[C@H](c1cc(OC)c(OC)cc1F)N1CCNCC1.Cl.Cl. The number of ether oxygens (including phenoxy) is 2. The van der Waals surface area contributed by atoms with E-state index in [1.54, 1.807) is 13.2 Å². The van der Waals surface area contributed by atoms with E-state index < -0.39 is 0 Å². The molecule has 1 fully saturated rings. The molecule has 0 aromatic heterocycles. The number of hydrogen-bond acceptors (Lipinski definition) is 4. The van der Waals surface area contributed by atoms with Gasteiger partial charge in [-0.25, -0.2) is 4.39 Å². The second-order valence-electron chi connectivity index (χ2n) is 5.40. The second-order valence-corrected chi connectivity index (χ2v) is 5.40. The fraction of sp³-hybridized carbons (Fsp3) is 0.529. The first-order valence-corrected chi connectivity index (χ1v) is 7.68. The Kier molecular flexibility index (Phi) is 11.0. The van der Waals surface area contributed by atoms with E-state index in [-0.39, 0.29) is 36.7 Å². The summed E-state index contributed by atoms with van der Waals surface area (Å²) in [7, 11) is 3.09. The number of allylic oxidation sites excluding steroid dienone is 1. The van der Waals surface area contributed by atoms with E-state index in [4.69, 9.17) is 9.47 Å². The van der Waals surface area contributed by atoms with Crippen LogP contribution in [0.3, 0.4) is 0 Å². The van der Waals surface area contributed by atoms with Gasteiger partial charge < -0.3 is 14.8 Å². The molecule has 24 heavy (non-hydrogen) atoms. The summed E-state index contributed by atoms with van der Waals surface area (Å²) in [6.45, 7) is 7.47. The van der Waals surface area contributed by atoms with Crippen molar-refractivity contribution >= 4 is 24.8 Å². The van der Waals surface area contributed by atoms with Gasteiger partial charge in [-0.1, -0.05) is 6.08 Å². The zero-order chi connectivity index (χ0) is 15.9. The monoisotopic (exact) mass is 380 g/mol. The number of piperazine rings is 1. The average Bonchev–Trinajstić information content (AvgIpc) is 2.57. The highest BCUT2D eigenvalue weighted by molar-refractivity contribution is 5.85. The van der Waals surface area contributed by atoms with Crippen LogP contribution in [0, 0.1) is 5.82 Å². The Hall–Kier alpha value is -1.01. The lowest BCUT2D eigenvalue weighted by Gasteiger charge is -2.35. The number of benzene rings is 1. The molecule has 1 atom stereocenters. The summed E-state index contributed by atoms with van der Waals surface area (Å²) >= 11 is 0. The maximum Gasteiger partial charge on any atom is 0.163 e. The molecule has 0 bridgehead atoms. The molecule has 0 saturated carbocycles. The van der Waals surface area contributed by atoms with Crippen molar-refractivity contribution in [3.63, 3.8) is 0 Å². The van der Waals surface area contributed by atoms with Gasteiger partial charge in [0.2, 0.25) is 0 Å². The number of nitrogens with one attached hydrogen (secondary N) is 1. The lowest BCUT2D eigenvalue weighted by Crippen LogP contribution is -2.45. The van der Waals surface area contributed by atoms with E-state index in [1.165, 1.54) is 13.2 Å². The predicted molar refractivity (Wildman–Crippen MR) is 101 cm³/mol. The van der Waals surface area contributed by atoms with Gasteiger partial charge in [0.05, 0.1) is 14.2 Å². The Morgan fingerprint density at radius 3 is 2.33 bits per heavy atom. The van der Waals surface area contributed by atoms with Gasteiger partial charge in [-0.15, -0.1) is 31.4 Å². The van der Waals surface area contributed by atoms with Gasteiger partial charge >= 0.3 is 0 Å². The normalized spacial score (nSPS) is 15.6. The predicted octanol–water partition coefficient (Wildman–Crippen LogP) is 3.60. The maximum absolute atomic E-state index is 14.6. The van der Waals surface area contributed by atoms with E-state index in [0.717, 1.165) is 39.0 Å². The minimum absolute atomic E-state index is 0. The fourth-order valence-electron chi connectivity index (χ4n) is 2.93. The molecule has 1 N–H and O–H groups in total. The molecule has 1 aliphatic rings. The maximum atomic E-state index is 14.6. The second kappa shape index (κ2) is 11.5. The molecule has 4 nitrogen and oxygen atoms in total. The van der Waals surface area contributed by atoms with Gasteiger partial charge in [0, 0.05) is 43.9 Å². The molecule has 7 heteroatoms. The van der Waals surface area contributed by atoms with Gasteiger partial charge in [0.25, 0.3) is 0 Å². The quantitative estimate of drug-likeness (QED) is 0.732. The molecule has 2 rings (SSSR count). The molecule has 0 aliphatic carbocycles. The standard InChI is InChI=1S/C17H25FN2O2.2ClH/c1-4-5-6-15(20-9-7-19-8-10-20)13-11-16(21-2)17(22-3)12-14(13)18;;/h4,11-12,15,19H,1,5-10H2,2-3H3;2*1H/t15-;;/m1../s1. The van der Waals surface area contributed by atoms with Gasteiger partial charge in [-0.3, -0.25) is 4.90 Å². The summed E-state index contributed by atoms with van der Waals surface area (Å²) < 4.78 is 25.1. The molecular weight excluding hydrogens is 354 g/mol. The van der Waals surface area contributed by atoms with Crippen molar-refractivity contribution in [1.82, 2.24) is 10.2 Å². The summed E-state index contributed by atoms with van der Waals surface area (Å²) in [6, 6.07) is 3.21. The highest BCUT2D eigenvalue weighted by atomic mass is 35.5. The molecule has 1 aromatic rings. The third kappa shape index (κ3) is 5.52. The number of nitrogens with zero attached hydrogens (tertiary/aromatic N) is 1. The van der Waals surface area contributed by atoms with E-state index in [9.17, 15) is 4.39 Å². The fourth-order valence-corrected chi connectivity index (χ4v) is 2.93. The lowest BCUT2D eigenvalue weighted by atomic mass is 9.98. The Morgan fingerprint density at radius 1 is 1.21 bits per heavy atom. The summed E-state index contributed by atoms with van der Waals surface area (Å²) in [5.41, 5.74) is 0.668. The highest BCUT2D eigenvalue weighted by Gasteiger charge is 2.25. The van der Waals surface area contributed by atoms with Gasteiger partial charge in [0.15, 0.2) is 11.5 Å². The molecule has 138 valence electrons. The summed E-state index contributed by atoms with van der Waals surface area (Å²) in [4.78, 5) is 2.32. The van der Waals surface area contributed by atoms with Gasteiger partial charge in [0.1, 0.15) is 5.82 Å². The Balaban J connectivity index is 0.00000264. The molecule has 0 amide bonds. The van der Waals surface area contributed by atoms with Crippen LogP contribution in [-0.4, -0.2) is 45.3 Å². The van der Waals surface area contributed by atoms with Crippen LogP contribution in [0.2, 0.25) is 0 Å². The first-order chi connectivity index (χ1) is 10.7. The summed E-state index contributed by atoms with van der Waals surface area (Å²) in [5, 5.41) is 3.33. The van der Waals surface area contributed by atoms with Crippen molar-refractivity contribution in [2.24, 2.45) is 0 Å². The van der Waals surface area contributed by atoms with Crippen LogP contribution in [0.5, 0.6) is 11.5 Å². The van der Waals surface area contributed by atoms with Gasteiger partial charge in [-0.2, -0.15) is 0 Å². The minimum atomic E-state index is -0.245. The molecule has 1 aliphatic heterocycles. The minimum Gasteiger partial charge on any atom is -0.493 e. The molecular formula is C17H27Cl2FN2O2. The first kappa shape index (κ1) is 23.0. The smallest absolute Gasteiger partial charge is 0.163 e. The van der Waals surface area contributed by atoms with Crippen molar-refractivity contribution in [2.75, 3.05) is 40.4 Å². The zero-order valence-electron chi connectivity index (χ0n) is 14.2. The molecule has 1 saturated heterocycles. The van der Waals surface area contributed by atoms with E-state index in [2.05, 4.69) is 16.8 Å². The van der Waals surface area contributed by atoms with E-state index in [1.807, 2.05) is 6.08 Å². The summed E-state index contributed by atoms with van der Waals surface area (Å²) in [5.74, 6) is 0.745. The molecule has 0 radical (unpaired) electrons. The third-order valence-corrected chi connectivity index (χ3v) is 4.10.